The Labute approximate surface area is 161 Å². The maximum Gasteiger partial charge on any atom is 0.195 e. The van der Waals surface area contributed by atoms with Crippen molar-refractivity contribution in [3.05, 3.63) is 48.5 Å². The summed E-state index contributed by atoms with van der Waals surface area (Å²) in [4.78, 5) is 8.51. The van der Waals surface area contributed by atoms with E-state index in [0.717, 1.165) is 39.7 Å². The summed E-state index contributed by atoms with van der Waals surface area (Å²) in [6.45, 7) is 4.80. The lowest BCUT2D eigenvalue weighted by Gasteiger charge is -2.11. The lowest BCUT2D eigenvalue weighted by atomic mass is 10.3. The quantitative estimate of drug-likeness (QED) is 0.402. The Morgan fingerprint density at radius 1 is 1.00 bits per heavy atom. The molecule has 0 bridgehead atoms. The van der Waals surface area contributed by atoms with Gasteiger partial charge in [0.2, 0.25) is 0 Å². The topological polar surface area (TPSA) is 65.7 Å². The molecular formula is C18H21N5OS2. The molecule has 0 spiro atoms. The van der Waals surface area contributed by atoms with Crippen LogP contribution in [0, 0.1) is 0 Å². The number of thioether (sulfide) groups is 2. The van der Waals surface area contributed by atoms with Crippen molar-refractivity contribution in [1.82, 2.24) is 24.7 Å². The van der Waals surface area contributed by atoms with Gasteiger partial charge in [-0.2, -0.15) is 0 Å². The number of benzene rings is 1. The highest BCUT2D eigenvalue weighted by Gasteiger charge is 2.15. The van der Waals surface area contributed by atoms with Gasteiger partial charge in [0.1, 0.15) is 11.6 Å². The zero-order chi connectivity index (χ0) is 18.2. The van der Waals surface area contributed by atoms with Crippen LogP contribution in [-0.2, 0) is 5.75 Å². The Morgan fingerprint density at radius 2 is 1.77 bits per heavy atom. The number of hydrogen-bond acceptors (Lipinski definition) is 7. The highest BCUT2D eigenvalue weighted by Crippen LogP contribution is 2.27. The molecule has 0 fully saturated rings. The van der Waals surface area contributed by atoms with Gasteiger partial charge in [0.05, 0.1) is 12.4 Å². The van der Waals surface area contributed by atoms with E-state index in [0.29, 0.717) is 12.4 Å². The van der Waals surface area contributed by atoms with Crippen LogP contribution in [0.25, 0.3) is 5.69 Å². The summed E-state index contributed by atoms with van der Waals surface area (Å²) in [7, 11) is 0. The highest BCUT2D eigenvalue weighted by atomic mass is 32.2. The molecule has 0 aliphatic heterocycles. The molecule has 0 amide bonds. The van der Waals surface area contributed by atoms with Gasteiger partial charge in [-0.25, -0.2) is 9.97 Å². The number of hydrogen-bond donors (Lipinski definition) is 0. The maximum absolute atomic E-state index is 5.54. The van der Waals surface area contributed by atoms with Crippen LogP contribution in [0.5, 0.6) is 5.75 Å². The number of nitrogens with zero attached hydrogens (tertiary/aromatic N) is 5. The van der Waals surface area contributed by atoms with Crippen molar-refractivity contribution in [2.45, 2.75) is 36.3 Å². The van der Waals surface area contributed by atoms with Crippen LogP contribution >= 0.6 is 23.5 Å². The first-order valence-electron chi connectivity index (χ1n) is 8.52. The second-order valence-electron chi connectivity index (χ2n) is 5.33. The Hall–Kier alpha value is -2.06. The number of aromatic nitrogens is 5. The third-order valence-corrected chi connectivity index (χ3v) is 5.42. The van der Waals surface area contributed by atoms with E-state index < -0.39 is 0 Å². The van der Waals surface area contributed by atoms with Gasteiger partial charge in [-0.3, -0.25) is 4.57 Å². The van der Waals surface area contributed by atoms with Crippen LogP contribution < -0.4 is 4.74 Å². The van der Waals surface area contributed by atoms with E-state index in [1.165, 1.54) is 0 Å². The Morgan fingerprint density at radius 3 is 2.46 bits per heavy atom. The van der Waals surface area contributed by atoms with E-state index in [9.17, 15) is 0 Å². The van der Waals surface area contributed by atoms with Crippen molar-refractivity contribution in [2.75, 3.05) is 12.4 Å². The number of ether oxygens (including phenoxy) is 1. The molecule has 3 aromatic rings. The highest BCUT2D eigenvalue weighted by molar-refractivity contribution is 7.99. The van der Waals surface area contributed by atoms with Crippen molar-refractivity contribution in [1.29, 1.82) is 0 Å². The molecule has 0 radical (unpaired) electrons. The first-order chi connectivity index (χ1) is 12.8. The van der Waals surface area contributed by atoms with E-state index in [4.69, 9.17) is 4.74 Å². The van der Waals surface area contributed by atoms with Crippen molar-refractivity contribution in [3.63, 3.8) is 0 Å². The predicted octanol–water partition coefficient (Wildman–Crippen LogP) is 4.25. The van der Waals surface area contributed by atoms with Crippen molar-refractivity contribution in [2.24, 2.45) is 0 Å². The third-order valence-electron chi connectivity index (χ3n) is 3.41. The fraction of sp³-hybridized carbons (Fsp3) is 0.333. The Bertz CT molecular complexity index is 808. The molecule has 3 rings (SSSR count). The molecule has 0 unspecified atom stereocenters. The number of rotatable bonds is 9. The molecule has 0 saturated carbocycles. The van der Waals surface area contributed by atoms with Crippen molar-refractivity contribution < 1.29 is 4.74 Å². The normalized spacial score (nSPS) is 10.8. The minimum Gasteiger partial charge on any atom is -0.494 e. The monoisotopic (exact) mass is 387 g/mol. The maximum atomic E-state index is 5.54. The second kappa shape index (κ2) is 9.59. The fourth-order valence-corrected chi connectivity index (χ4v) is 3.83. The molecule has 0 aliphatic carbocycles. The van der Waals surface area contributed by atoms with E-state index >= 15 is 0 Å². The molecular weight excluding hydrogens is 366 g/mol. The molecule has 2 heterocycles. The molecule has 0 atom stereocenters. The summed E-state index contributed by atoms with van der Waals surface area (Å²) in [5.74, 6) is 3.40. The second-order valence-corrected chi connectivity index (χ2v) is 7.33. The van der Waals surface area contributed by atoms with Gasteiger partial charge < -0.3 is 4.74 Å². The Balaban J connectivity index is 1.85. The van der Waals surface area contributed by atoms with Gasteiger partial charge in [0, 0.05) is 23.8 Å². The van der Waals surface area contributed by atoms with Crippen LogP contribution in [0.4, 0.5) is 0 Å². The van der Waals surface area contributed by atoms with Crippen molar-refractivity contribution >= 4 is 23.5 Å². The molecule has 0 saturated heterocycles. The summed E-state index contributed by atoms with van der Waals surface area (Å²) < 4.78 is 7.65. The largest absolute Gasteiger partial charge is 0.494 e. The van der Waals surface area contributed by atoms with Gasteiger partial charge in [-0.05, 0) is 43.7 Å². The summed E-state index contributed by atoms with van der Waals surface area (Å²) in [5.41, 5.74) is 1.03. The summed E-state index contributed by atoms with van der Waals surface area (Å²) >= 11 is 3.27. The lowest BCUT2D eigenvalue weighted by Crippen LogP contribution is -2.03. The van der Waals surface area contributed by atoms with Crippen LogP contribution in [0.3, 0.4) is 0 Å². The van der Waals surface area contributed by atoms with Crippen LogP contribution in [0.15, 0.2) is 53.0 Å². The van der Waals surface area contributed by atoms with Gasteiger partial charge in [0.15, 0.2) is 10.3 Å². The standard InChI is InChI=1S/C18H21N5OS2/c1-3-12-25-18-22-21-16(13-26-17-19-10-5-11-20-17)23(18)14-6-8-15(9-7-14)24-4-2/h5-11H,3-4,12-13H2,1-2H3. The predicted molar refractivity (Wildman–Crippen MR) is 105 cm³/mol. The molecule has 0 aliphatic rings. The summed E-state index contributed by atoms with van der Waals surface area (Å²) in [6, 6.07) is 9.84. The van der Waals surface area contributed by atoms with E-state index in [1.54, 1.807) is 35.9 Å². The van der Waals surface area contributed by atoms with Gasteiger partial charge in [-0.1, -0.05) is 30.4 Å². The molecule has 1 aromatic carbocycles. The SMILES string of the molecule is CCCSc1nnc(CSc2ncccn2)n1-c1ccc(OCC)cc1. The van der Waals surface area contributed by atoms with E-state index in [2.05, 4.69) is 31.7 Å². The minimum absolute atomic E-state index is 0.650. The first-order valence-corrected chi connectivity index (χ1v) is 10.5. The molecule has 136 valence electrons. The summed E-state index contributed by atoms with van der Waals surface area (Å²) in [5, 5.41) is 10.4. The fourth-order valence-electron chi connectivity index (χ4n) is 2.29. The van der Waals surface area contributed by atoms with Gasteiger partial charge >= 0.3 is 0 Å². The zero-order valence-electron chi connectivity index (χ0n) is 14.8. The lowest BCUT2D eigenvalue weighted by molar-refractivity contribution is 0.340. The molecule has 0 N–H and O–H groups in total. The summed E-state index contributed by atoms with van der Waals surface area (Å²) in [6.07, 6.45) is 4.58. The van der Waals surface area contributed by atoms with Crippen molar-refractivity contribution in [3.8, 4) is 11.4 Å². The minimum atomic E-state index is 0.650. The van der Waals surface area contributed by atoms with Crippen LogP contribution in [-0.4, -0.2) is 37.1 Å². The van der Waals surface area contributed by atoms with Gasteiger partial charge in [-0.15, -0.1) is 10.2 Å². The molecule has 2 aromatic heterocycles. The Kier molecular flexibility index (Phi) is 6.90. The molecule has 26 heavy (non-hydrogen) atoms. The average molecular weight is 388 g/mol. The zero-order valence-corrected chi connectivity index (χ0v) is 16.5. The van der Waals surface area contributed by atoms with Gasteiger partial charge in [0.25, 0.3) is 0 Å². The smallest absolute Gasteiger partial charge is 0.195 e. The third kappa shape index (κ3) is 4.76. The van der Waals surface area contributed by atoms with Crippen LogP contribution in [0.2, 0.25) is 0 Å². The van der Waals surface area contributed by atoms with E-state index in [-0.39, 0.29) is 0 Å². The van der Waals surface area contributed by atoms with Crippen LogP contribution in [0.1, 0.15) is 26.1 Å². The van der Waals surface area contributed by atoms with E-state index in [1.807, 2.05) is 37.3 Å². The first kappa shape index (κ1) is 18.7. The molecule has 8 heteroatoms. The molecule has 6 nitrogen and oxygen atoms in total. The average Bonchev–Trinajstić information content (AvgIpc) is 3.09.